The number of carbonyl (C=O) groups is 1. The average molecular weight is 431 g/mol. The van der Waals surface area contributed by atoms with Crippen LogP contribution in [-0.4, -0.2) is 65.9 Å². The maximum absolute atomic E-state index is 12.2. The van der Waals surface area contributed by atoms with E-state index in [2.05, 4.69) is 10.00 Å². The number of amides is 2. The number of nitrogens with zero attached hydrogens (tertiary/aromatic N) is 5. The van der Waals surface area contributed by atoms with Crippen LogP contribution in [0.5, 0.6) is 0 Å². The zero-order chi connectivity index (χ0) is 19.7. The Balaban J connectivity index is 1.80. The van der Waals surface area contributed by atoms with Gasteiger partial charge in [0, 0.05) is 40.3 Å². The van der Waals surface area contributed by atoms with Gasteiger partial charge in [0.25, 0.3) is 5.56 Å². The first kappa shape index (κ1) is 19.8. The summed E-state index contributed by atoms with van der Waals surface area (Å²) in [7, 11) is 3.48. The lowest BCUT2D eigenvalue weighted by Crippen LogP contribution is -2.51. The third kappa shape index (κ3) is 4.00. The van der Waals surface area contributed by atoms with Crippen LogP contribution in [0.3, 0.4) is 0 Å². The first-order valence-electron chi connectivity index (χ1n) is 8.24. The summed E-state index contributed by atoms with van der Waals surface area (Å²) in [5.41, 5.74) is 0.822. The van der Waals surface area contributed by atoms with E-state index in [1.807, 2.05) is 6.07 Å². The fraction of sp³-hybridized carbons (Fsp3) is 0.353. The third-order valence-electron chi connectivity index (χ3n) is 4.33. The lowest BCUT2D eigenvalue weighted by Gasteiger charge is -2.37. The Hall–Kier alpha value is -1.96. The summed E-state index contributed by atoms with van der Waals surface area (Å²) in [6.45, 7) is 2.57. The van der Waals surface area contributed by atoms with Crippen molar-refractivity contribution in [3.63, 3.8) is 0 Å². The second-order valence-corrected chi connectivity index (χ2v) is 7.50. The predicted molar refractivity (Wildman–Crippen MR) is 108 cm³/mol. The molecule has 1 saturated heterocycles. The molecule has 1 aliphatic rings. The minimum Gasteiger partial charge on any atom is -0.367 e. The normalized spacial score (nSPS) is 14.4. The number of carbonyl (C=O) groups excluding carboxylic acids is 1. The van der Waals surface area contributed by atoms with Crippen molar-refractivity contribution in [2.75, 3.05) is 45.2 Å². The van der Waals surface area contributed by atoms with Crippen molar-refractivity contribution in [1.29, 1.82) is 0 Å². The summed E-state index contributed by atoms with van der Waals surface area (Å²) < 4.78 is 1.15. The highest BCUT2D eigenvalue weighted by atomic mass is 35.5. The Bertz CT molecular complexity index is 923. The van der Waals surface area contributed by atoms with Crippen LogP contribution in [0.1, 0.15) is 0 Å². The summed E-state index contributed by atoms with van der Waals surface area (Å²) in [5.74, 6) is 0. The molecule has 144 valence electrons. The molecular formula is C17H18Cl3N5O2. The molecule has 10 heteroatoms. The van der Waals surface area contributed by atoms with E-state index in [1.54, 1.807) is 36.0 Å². The highest BCUT2D eigenvalue weighted by Gasteiger charge is 2.23. The molecule has 7 nitrogen and oxygen atoms in total. The minimum atomic E-state index is -0.510. The van der Waals surface area contributed by atoms with Crippen molar-refractivity contribution < 1.29 is 4.79 Å². The van der Waals surface area contributed by atoms with Gasteiger partial charge in [-0.1, -0.05) is 34.8 Å². The van der Waals surface area contributed by atoms with Gasteiger partial charge in [-0.15, -0.1) is 0 Å². The molecule has 0 radical (unpaired) electrons. The maximum atomic E-state index is 12.2. The first-order chi connectivity index (χ1) is 12.8. The fourth-order valence-corrected chi connectivity index (χ4v) is 3.45. The molecule has 1 fully saturated rings. The lowest BCUT2D eigenvalue weighted by atomic mass is 10.2. The van der Waals surface area contributed by atoms with Crippen molar-refractivity contribution in [2.45, 2.75) is 0 Å². The van der Waals surface area contributed by atoms with E-state index in [1.165, 1.54) is 6.20 Å². The van der Waals surface area contributed by atoms with Crippen LogP contribution in [0.25, 0.3) is 5.69 Å². The van der Waals surface area contributed by atoms with E-state index in [4.69, 9.17) is 34.8 Å². The molecule has 1 aliphatic heterocycles. The quantitative estimate of drug-likeness (QED) is 0.735. The molecule has 0 aliphatic carbocycles. The highest BCUT2D eigenvalue weighted by molar-refractivity contribution is 6.41. The molecule has 0 N–H and O–H groups in total. The Labute approximate surface area is 171 Å². The van der Waals surface area contributed by atoms with Crippen LogP contribution in [0, 0.1) is 0 Å². The van der Waals surface area contributed by atoms with Crippen molar-refractivity contribution in [1.82, 2.24) is 19.6 Å². The number of anilines is 1. The van der Waals surface area contributed by atoms with E-state index < -0.39 is 5.56 Å². The number of benzene rings is 1. The van der Waals surface area contributed by atoms with E-state index in [0.717, 1.165) is 10.4 Å². The van der Waals surface area contributed by atoms with Gasteiger partial charge in [0.15, 0.2) is 0 Å². The summed E-state index contributed by atoms with van der Waals surface area (Å²) in [6.07, 6.45) is 1.31. The molecule has 0 bridgehead atoms. The van der Waals surface area contributed by atoms with Crippen LogP contribution in [0.4, 0.5) is 10.5 Å². The van der Waals surface area contributed by atoms with E-state index in [9.17, 15) is 9.59 Å². The van der Waals surface area contributed by atoms with Crippen molar-refractivity contribution >= 4 is 46.5 Å². The summed E-state index contributed by atoms with van der Waals surface area (Å²) in [4.78, 5) is 29.8. The number of hydrogen-bond acceptors (Lipinski definition) is 4. The monoisotopic (exact) mass is 429 g/mol. The SMILES string of the molecule is CN(C)C(=O)N1CCN(c2ccc(-n3ncc(Cl)c(Cl)c3=O)cc2Cl)CC1. The molecule has 0 atom stereocenters. The van der Waals surface area contributed by atoms with Gasteiger partial charge in [0.2, 0.25) is 0 Å². The number of rotatable bonds is 2. The Morgan fingerprint density at radius 3 is 2.33 bits per heavy atom. The lowest BCUT2D eigenvalue weighted by molar-refractivity contribution is 0.168. The number of aromatic nitrogens is 2. The molecule has 27 heavy (non-hydrogen) atoms. The van der Waals surface area contributed by atoms with Crippen molar-refractivity contribution in [3.8, 4) is 5.69 Å². The standard InChI is InChI=1S/C17H18Cl3N5O2/c1-22(2)17(27)24-7-5-23(6-8-24)14-4-3-11(9-12(14)18)25-16(26)15(20)13(19)10-21-25/h3-4,9-10H,5-8H2,1-2H3. The van der Waals surface area contributed by atoms with Crippen LogP contribution in [-0.2, 0) is 0 Å². The van der Waals surface area contributed by atoms with Crippen LogP contribution < -0.4 is 10.5 Å². The van der Waals surface area contributed by atoms with Gasteiger partial charge < -0.3 is 14.7 Å². The molecule has 1 aromatic heterocycles. The van der Waals surface area contributed by atoms with E-state index in [-0.39, 0.29) is 16.1 Å². The van der Waals surface area contributed by atoms with Crippen molar-refractivity contribution in [3.05, 3.63) is 49.8 Å². The maximum Gasteiger partial charge on any atom is 0.319 e. The smallest absolute Gasteiger partial charge is 0.319 e. The molecule has 3 rings (SSSR count). The first-order valence-corrected chi connectivity index (χ1v) is 9.37. The van der Waals surface area contributed by atoms with Gasteiger partial charge >= 0.3 is 6.03 Å². The van der Waals surface area contributed by atoms with Crippen LogP contribution in [0.15, 0.2) is 29.2 Å². The minimum absolute atomic E-state index is 0.00108. The van der Waals surface area contributed by atoms with Gasteiger partial charge in [0.1, 0.15) is 5.02 Å². The molecule has 0 unspecified atom stereocenters. The highest BCUT2D eigenvalue weighted by Crippen LogP contribution is 2.29. The molecular weight excluding hydrogens is 413 g/mol. The Morgan fingerprint density at radius 2 is 1.74 bits per heavy atom. The van der Waals surface area contributed by atoms with Gasteiger partial charge in [-0.05, 0) is 18.2 Å². The molecule has 2 heterocycles. The van der Waals surface area contributed by atoms with Gasteiger partial charge in [-0.2, -0.15) is 9.78 Å². The molecule has 1 aromatic carbocycles. The summed E-state index contributed by atoms with van der Waals surface area (Å²) >= 11 is 18.2. The summed E-state index contributed by atoms with van der Waals surface area (Å²) in [6, 6.07) is 5.24. The van der Waals surface area contributed by atoms with Crippen LogP contribution in [0.2, 0.25) is 15.1 Å². The Kier molecular flexibility index (Phi) is 5.83. The average Bonchev–Trinajstić information content (AvgIpc) is 2.66. The molecule has 0 saturated carbocycles. The van der Waals surface area contributed by atoms with Gasteiger partial charge in [-0.25, -0.2) is 4.79 Å². The largest absolute Gasteiger partial charge is 0.367 e. The van der Waals surface area contributed by atoms with Crippen molar-refractivity contribution in [2.24, 2.45) is 0 Å². The number of piperazine rings is 1. The topological polar surface area (TPSA) is 61.7 Å². The zero-order valence-corrected chi connectivity index (χ0v) is 17.1. The van der Waals surface area contributed by atoms with E-state index in [0.29, 0.717) is 36.9 Å². The molecule has 0 spiro atoms. The second kappa shape index (κ2) is 7.96. The van der Waals surface area contributed by atoms with E-state index >= 15 is 0 Å². The van der Waals surface area contributed by atoms with Crippen LogP contribution >= 0.6 is 34.8 Å². The molecule has 2 aromatic rings. The number of urea groups is 1. The second-order valence-electron chi connectivity index (χ2n) is 6.31. The van der Waals surface area contributed by atoms with Gasteiger partial charge in [-0.3, -0.25) is 4.79 Å². The third-order valence-corrected chi connectivity index (χ3v) is 5.38. The molecule has 2 amide bonds. The number of halogens is 3. The van der Waals surface area contributed by atoms with Gasteiger partial charge in [0.05, 0.1) is 27.6 Å². The summed E-state index contributed by atoms with van der Waals surface area (Å²) in [5, 5.41) is 4.50. The fourth-order valence-electron chi connectivity index (χ4n) is 2.90. The predicted octanol–water partition coefficient (Wildman–Crippen LogP) is 3.00. The Morgan fingerprint density at radius 1 is 1.07 bits per heavy atom. The zero-order valence-electron chi connectivity index (χ0n) is 14.8. The number of hydrogen-bond donors (Lipinski definition) is 0.